The first-order chi connectivity index (χ1) is 13.7. The standard InChI is InChI=1S/C18H17ClN4O4S2/c19-18(10-20)7-5-11(6-8-18)15-16(25)23(17(26)28-15)9-14(24)22-12-1-3-13(4-2-12)29(21)27/h1-4H,5-9,21H2,(H,22,24). The van der Waals surface area contributed by atoms with Crippen LogP contribution < -0.4 is 10.5 Å². The number of halogens is 1. The maximum absolute atomic E-state index is 12.7. The summed E-state index contributed by atoms with van der Waals surface area (Å²) >= 11 is 6.98. The van der Waals surface area contributed by atoms with Crippen molar-refractivity contribution in [1.29, 1.82) is 5.26 Å². The molecule has 1 aliphatic carbocycles. The molecular formula is C18H17ClN4O4S2. The highest BCUT2D eigenvalue weighted by atomic mass is 35.5. The van der Waals surface area contributed by atoms with Crippen molar-refractivity contribution in [1.82, 2.24) is 4.90 Å². The van der Waals surface area contributed by atoms with Crippen LogP contribution in [-0.4, -0.2) is 37.6 Å². The fourth-order valence-electron chi connectivity index (χ4n) is 3.05. The highest BCUT2D eigenvalue weighted by molar-refractivity contribution is 8.18. The first-order valence-electron chi connectivity index (χ1n) is 8.64. The van der Waals surface area contributed by atoms with Gasteiger partial charge in [0.2, 0.25) is 5.91 Å². The van der Waals surface area contributed by atoms with Crippen LogP contribution in [0.15, 0.2) is 39.6 Å². The van der Waals surface area contributed by atoms with Crippen LogP contribution in [0.2, 0.25) is 0 Å². The fraction of sp³-hybridized carbons (Fsp3) is 0.333. The predicted octanol–water partition coefficient (Wildman–Crippen LogP) is 2.63. The second-order valence-corrected chi connectivity index (χ2v) is 9.39. The van der Waals surface area contributed by atoms with E-state index in [1.54, 1.807) is 0 Å². The van der Waals surface area contributed by atoms with E-state index in [2.05, 4.69) is 11.4 Å². The number of allylic oxidation sites excluding steroid dienone is 1. The van der Waals surface area contributed by atoms with E-state index in [9.17, 15) is 18.6 Å². The molecule has 8 nitrogen and oxygen atoms in total. The van der Waals surface area contributed by atoms with Gasteiger partial charge in [-0.05, 0) is 61.7 Å². The number of rotatable bonds is 4. The van der Waals surface area contributed by atoms with Gasteiger partial charge in [0.25, 0.3) is 11.1 Å². The largest absolute Gasteiger partial charge is 0.325 e. The topological polar surface area (TPSA) is 133 Å². The monoisotopic (exact) mass is 452 g/mol. The Hall–Kier alpha value is -2.19. The quantitative estimate of drug-likeness (QED) is 0.532. The lowest BCUT2D eigenvalue weighted by Gasteiger charge is -2.26. The summed E-state index contributed by atoms with van der Waals surface area (Å²) in [6.07, 6.45) is 1.76. The number of imide groups is 1. The minimum Gasteiger partial charge on any atom is -0.325 e. The van der Waals surface area contributed by atoms with Crippen molar-refractivity contribution in [2.75, 3.05) is 11.9 Å². The van der Waals surface area contributed by atoms with Crippen molar-refractivity contribution in [2.45, 2.75) is 35.5 Å². The van der Waals surface area contributed by atoms with E-state index >= 15 is 0 Å². The van der Waals surface area contributed by atoms with E-state index in [1.165, 1.54) is 24.3 Å². The van der Waals surface area contributed by atoms with Gasteiger partial charge in [-0.15, -0.1) is 11.6 Å². The third kappa shape index (κ3) is 4.87. The highest BCUT2D eigenvalue weighted by Gasteiger charge is 2.40. The number of alkyl halides is 1. The number of hydrogen-bond donors (Lipinski definition) is 2. The molecule has 1 heterocycles. The number of anilines is 1. The molecule has 0 aromatic heterocycles. The molecule has 3 amide bonds. The van der Waals surface area contributed by atoms with Gasteiger partial charge in [0.1, 0.15) is 22.4 Å². The molecule has 2 fully saturated rings. The number of thioether (sulfide) groups is 1. The molecule has 0 bridgehead atoms. The predicted molar refractivity (Wildman–Crippen MR) is 110 cm³/mol. The average molecular weight is 453 g/mol. The van der Waals surface area contributed by atoms with E-state index in [-0.39, 0.29) is 0 Å². The first kappa shape index (κ1) is 21.5. The van der Waals surface area contributed by atoms with Gasteiger partial charge in [-0.1, -0.05) is 5.57 Å². The van der Waals surface area contributed by atoms with Gasteiger partial charge in [-0.25, -0.2) is 9.35 Å². The third-order valence-corrected chi connectivity index (χ3v) is 6.95. The minimum absolute atomic E-state index is 0.328. The summed E-state index contributed by atoms with van der Waals surface area (Å²) in [7, 11) is -1.62. The smallest absolute Gasteiger partial charge is 0.294 e. The van der Waals surface area contributed by atoms with Crippen LogP contribution in [0.3, 0.4) is 0 Å². The van der Waals surface area contributed by atoms with E-state index in [4.69, 9.17) is 22.0 Å². The molecule has 1 aromatic carbocycles. The van der Waals surface area contributed by atoms with Crippen LogP contribution in [0.5, 0.6) is 0 Å². The number of carbonyl (C=O) groups excluding carboxylic acids is 3. The number of nitriles is 1. The summed E-state index contributed by atoms with van der Waals surface area (Å²) in [5.74, 6) is -1.04. The van der Waals surface area contributed by atoms with Gasteiger partial charge in [0, 0.05) is 5.69 Å². The maximum atomic E-state index is 12.7. The van der Waals surface area contributed by atoms with Crippen LogP contribution in [-0.2, 0) is 20.6 Å². The second-order valence-electron chi connectivity index (χ2n) is 6.64. The van der Waals surface area contributed by atoms with Crippen LogP contribution in [0.1, 0.15) is 25.7 Å². The number of carbonyl (C=O) groups is 3. The summed E-state index contributed by atoms with van der Waals surface area (Å²) in [6, 6.07) is 8.16. The van der Waals surface area contributed by atoms with Crippen molar-refractivity contribution in [2.24, 2.45) is 5.14 Å². The molecule has 29 heavy (non-hydrogen) atoms. The molecule has 1 aliphatic heterocycles. The van der Waals surface area contributed by atoms with E-state index in [1.807, 2.05) is 0 Å². The van der Waals surface area contributed by atoms with Crippen LogP contribution in [0.4, 0.5) is 10.5 Å². The molecule has 1 aromatic rings. The van der Waals surface area contributed by atoms with Gasteiger partial charge < -0.3 is 5.32 Å². The van der Waals surface area contributed by atoms with Gasteiger partial charge in [-0.3, -0.25) is 19.3 Å². The third-order valence-electron chi connectivity index (χ3n) is 4.69. The van der Waals surface area contributed by atoms with Crippen molar-refractivity contribution < 1.29 is 18.6 Å². The zero-order chi connectivity index (χ0) is 21.2. The van der Waals surface area contributed by atoms with Crippen molar-refractivity contribution in [3.8, 4) is 6.07 Å². The molecular weight excluding hydrogens is 436 g/mol. The number of nitrogens with two attached hydrogens (primary N) is 1. The Bertz CT molecular complexity index is 961. The summed E-state index contributed by atoms with van der Waals surface area (Å²) < 4.78 is 11.2. The zero-order valence-electron chi connectivity index (χ0n) is 15.1. The summed E-state index contributed by atoms with van der Waals surface area (Å²) in [4.78, 5) is 37.9. The molecule has 152 valence electrons. The van der Waals surface area contributed by atoms with Crippen molar-refractivity contribution >= 4 is 57.1 Å². The van der Waals surface area contributed by atoms with Crippen LogP contribution in [0, 0.1) is 11.3 Å². The Morgan fingerprint density at radius 2 is 1.93 bits per heavy atom. The number of amides is 3. The molecule has 1 atom stereocenters. The Morgan fingerprint density at radius 1 is 1.31 bits per heavy atom. The van der Waals surface area contributed by atoms with Gasteiger partial charge >= 0.3 is 0 Å². The molecule has 2 aliphatic rings. The molecule has 1 unspecified atom stereocenters. The number of hydrogen-bond acceptors (Lipinski definition) is 6. The van der Waals surface area contributed by atoms with Crippen LogP contribution in [0.25, 0.3) is 0 Å². The molecule has 1 saturated carbocycles. The average Bonchev–Trinajstić information content (AvgIpc) is 2.97. The first-order valence-corrected chi connectivity index (χ1v) is 11.0. The molecule has 3 rings (SSSR count). The second kappa shape index (κ2) is 8.67. The van der Waals surface area contributed by atoms with Gasteiger partial charge in [0.15, 0.2) is 0 Å². The normalized spacial score (nSPS) is 23.1. The van der Waals surface area contributed by atoms with Crippen LogP contribution >= 0.6 is 23.4 Å². The Labute approximate surface area is 179 Å². The zero-order valence-corrected chi connectivity index (χ0v) is 17.5. The highest BCUT2D eigenvalue weighted by Crippen LogP contribution is 2.42. The maximum Gasteiger partial charge on any atom is 0.294 e. The van der Waals surface area contributed by atoms with E-state index < -0.39 is 39.5 Å². The molecule has 1 saturated heterocycles. The summed E-state index contributed by atoms with van der Waals surface area (Å²) in [5.41, 5.74) is 1.23. The number of benzene rings is 1. The molecule has 0 radical (unpaired) electrons. The van der Waals surface area contributed by atoms with E-state index in [0.717, 1.165) is 22.2 Å². The van der Waals surface area contributed by atoms with Gasteiger partial charge in [-0.2, -0.15) is 5.26 Å². The lowest BCUT2D eigenvalue weighted by atomic mass is 9.85. The Kier molecular flexibility index (Phi) is 6.43. The van der Waals surface area contributed by atoms with E-state index in [0.29, 0.717) is 41.2 Å². The summed E-state index contributed by atoms with van der Waals surface area (Å²) in [6.45, 7) is -0.413. The summed E-state index contributed by atoms with van der Waals surface area (Å²) in [5, 5.41) is 16.5. The Morgan fingerprint density at radius 3 is 2.48 bits per heavy atom. The number of nitrogens with zero attached hydrogens (tertiary/aromatic N) is 2. The van der Waals surface area contributed by atoms with Gasteiger partial charge in [0.05, 0.1) is 15.9 Å². The minimum atomic E-state index is -1.62. The molecule has 11 heteroatoms. The van der Waals surface area contributed by atoms with Crippen molar-refractivity contribution in [3.63, 3.8) is 0 Å². The molecule has 0 spiro atoms. The molecule has 3 N–H and O–H groups in total. The Balaban J connectivity index is 1.64. The number of nitrogens with one attached hydrogen (secondary N) is 1. The fourth-order valence-corrected chi connectivity index (χ4v) is 4.63. The lowest BCUT2D eigenvalue weighted by molar-refractivity contribution is -0.127. The van der Waals surface area contributed by atoms with Crippen molar-refractivity contribution in [3.05, 3.63) is 34.7 Å². The SMILES string of the molecule is N#CC1(Cl)CCC(=C2SC(=O)N(CC(=O)Nc3ccc(S(N)=O)cc3)C2=O)CC1. The lowest BCUT2D eigenvalue weighted by Crippen LogP contribution is -2.36.